The van der Waals surface area contributed by atoms with Crippen LogP contribution >= 0.6 is 11.8 Å². The van der Waals surface area contributed by atoms with Gasteiger partial charge >= 0.3 is 12.3 Å². The molecule has 32 heavy (non-hydrogen) atoms. The first kappa shape index (κ1) is 23.7. The van der Waals surface area contributed by atoms with Crippen molar-refractivity contribution in [1.82, 2.24) is 4.90 Å². The maximum atomic E-state index is 13.0. The lowest BCUT2D eigenvalue weighted by atomic mass is 10.1. The van der Waals surface area contributed by atoms with E-state index in [0.717, 1.165) is 18.4 Å². The van der Waals surface area contributed by atoms with Gasteiger partial charge in [0.2, 0.25) is 0 Å². The van der Waals surface area contributed by atoms with Gasteiger partial charge in [-0.05, 0) is 60.1 Å². The van der Waals surface area contributed by atoms with Gasteiger partial charge in [-0.25, -0.2) is 9.18 Å². The first-order valence-electron chi connectivity index (χ1n) is 9.82. The Labute approximate surface area is 187 Å². The Morgan fingerprint density at radius 3 is 2.56 bits per heavy atom. The fourth-order valence-corrected chi connectivity index (χ4v) is 4.36. The number of aryl methyl sites for hydroxylation is 1. The zero-order valence-corrected chi connectivity index (χ0v) is 17.8. The molecule has 9 heteroatoms. The Balaban J connectivity index is 1.68. The third-order valence-electron chi connectivity index (χ3n) is 4.63. The Bertz CT molecular complexity index is 1000. The summed E-state index contributed by atoms with van der Waals surface area (Å²) in [6, 6.07) is 11.9. The van der Waals surface area contributed by atoms with E-state index in [-0.39, 0.29) is 23.7 Å². The van der Waals surface area contributed by atoms with Crippen molar-refractivity contribution in [2.75, 3.05) is 12.3 Å². The fraction of sp³-hybridized carbons (Fsp3) is 0.261. The number of carboxylic acids is 1. The molecule has 0 unspecified atom stereocenters. The largest absolute Gasteiger partial charge is 0.573 e. The van der Waals surface area contributed by atoms with Crippen LogP contribution in [0.5, 0.6) is 5.75 Å². The molecule has 0 saturated carbocycles. The number of hydrogen-bond acceptors (Lipinski definition) is 4. The summed E-state index contributed by atoms with van der Waals surface area (Å²) < 4.78 is 54.5. The molecule has 2 aromatic carbocycles. The third kappa shape index (κ3) is 7.05. The van der Waals surface area contributed by atoms with Gasteiger partial charge in [0.05, 0.1) is 10.6 Å². The summed E-state index contributed by atoms with van der Waals surface area (Å²) in [4.78, 5) is 13.5. The molecule has 1 aliphatic rings. The van der Waals surface area contributed by atoms with E-state index in [9.17, 15) is 27.5 Å². The summed E-state index contributed by atoms with van der Waals surface area (Å²) in [6.45, 7) is 0.665. The van der Waals surface area contributed by atoms with Crippen LogP contribution in [-0.2, 0) is 17.8 Å². The van der Waals surface area contributed by atoms with Gasteiger partial charge in [-0.1, -0.05) is 30.3 Å². The van der Waals surface area contributed by atoms with Crippen LogP contribution < -0.4 is 4.74 Å². The van der Waals surface area contributed by atoms with Gasteiger partial charge < -0.3 is 14.7 Å². The molecule has 0 spiro atoms. The highest BCUT2D eigenvalue weighted by molar-refractivity contribution is 8.03. The number of carboxylic acid groups (broad SMARTS) is 1. The average Bonchev–Trinajstić information content (AvgIpc) is 2.72. The molecule has 0 fully saturated rings. The number of carbonyl (C=O) groups is 1. The van der Waals surface area contributed by atoms with Gasteiger partial charge in [0.25, 0.3) is 0 Å². The zero-order valence-electron chi connectivity index (χ0n) is 16.9. The molecule has 1 N–H and O–H groups in total. The van der Waals surface area contributed by atoms with Crippen LogP contribution in [0.15, 0.2) is 71.3 Å². The second kappa shape index (κ2) is 10.6. The van der Waals surface area contributed by atoms with Crippen molar-refractivity contribution in [1.29, 1.82) is 0 Å². The van der Waals surface area contributed by atoms with Crippen molar-refractivity contribution in [2.45, 2.75) is 25.7 Å². The number of ether oxygens (including phenoxy) is 1. The topological polar surface area (TPSA) is 49.8 Å². The molecular formula is C23H21F4NO3S. The third-order valence-corrected chi connectivity index (χ3v) is 5.87. The number of thioether (sulfide) groups is 1. The van der Waals surface area contributed by atoms with Crippen LogP contribution in [0.2, 0.25) is 0 Å². The highest BCUT2D eigenvalue weighted by Crippen LogP contribution is 2.31. The van der Waals surface area contributed by atoms with Gasteiger partial charge in [0.15, 0.2) is 0 Å². The molecule has 170 valence electrons. The molecule has 0 aromatic heterocycles. The number of rotatable bonds is 9. The monoisotopic (exact) mass is 467 g/mol. The minimum Gasteiger partial charge on any atom is -0.478 e. The Morgan fingerprint density at radius 1 is 1.12 bits per heavy atom. The van der Waals surface area contributed by atoms with Crippen molar-refractivity contribution >= 4 is 17.7 Å². The van der Waals surface area contributed by atoms with E-state index in [2.05, 4.69) is 4.74 Å². The van der Waals surface area contributed by atoms with Crippen molar-refractivity contribution in [3.05, 3.63) is 88.2 Å². The average molecular weight is 467 g/mol. The zero-order chi connectivity index (χ0) is 23.1. The van der Waals surface area contributed by atoms with E-state index in [1.54, 1.807) is 30.4 Å². The molecular weight excluding hydrogens is 446 g/mol. The first-order valence-corrected chi connectivity index (χ1v) is 10.8. The number of hydrogen-bond donors (Lipinski definition) is 1. The molecule has 0 bridgehead atoms. The highest BCUT2D eigenvalue weighted by atomic mass is 32.2. The van der Waals surface area contributed by atoms with Crippen molar-refractivity contribution in [3.63, 3.8) is 0 Å². The molecule has 0 aliphatic carbocycles. The Hall–Kier alpha value is -2.94. The maximum absolute atomic E-state index is 13.0. The molecule has 0 saturated heterocycles. The van der Waals surface area contributed by atoms with E-state index in [4.69, 9.17) is 0 Å². The SMILES string of the molecule is O=C(O)C1=C(SCCCc2ccc(F)cc2)N(Cc2cccc(OC(F)(F)F)c2)CC=C1. The maximum Gasteiger partial charge on any atom is 0.573 e. The van der Waals surface area contributed by atoms with E-state index < -0.39 is 12.3 Å². The lowest BCUT2D eigenvalue weighted by Crippen LogP contribution is -2.27. The van der Waals surface area contributed by atoms with Crippen molar-refractivity contribution in [2.24, 2.45) is 0 Å². The van der Waals surface area contributed by atoms with Crippen LogP contribution in [0.3, 0.4) is 0 Å². The van der Waals surface area contributed by atoms with Crippen LogP contribution in [0.1, 0.15) is 17.5 Å². The van der Waals surface area contributed by atoms with E-state index >= 15 is 0 Å². The van der Waals surface area contributed by atoms with Crippen molar-refractivity contribution < 1.29 is 32.2 Å². The van der Waals surface area contributed by atoms with Gasteiger partial charge in [-0.3, -0.25) is 0 Å². The fourth-order valence-electron chi connectivity index (χ4n) is 3.25. The Morgan fingerprint density at radius 2 is 1.88 bits per heavy atom. The quantitative estimate of drug-likeness (QED) is 0.376. The predicted molar refractivity (Wildman–Crippen MR) is 115 cm³/mol. The van der Waals surface area contributed by atoms with Gasteiger partial charge in [0.1, 0.15) is 11.6 Å². The molecule has 0 atom stereocenters. The van der Waals surface area contributed by atoms with Crippen LogP contribution in [0.4, 0.5) is 17.6 Å². The summed E-state index contributed by atoms with van der Waals surface area (Å²) >= 11 is 1.39. The van der Waals surface area contributed by atoms with Crippen LogP contribution in [-0.4, -0.2) is 34.6 Å². The second-order valence-electron chi connectivity index (χ2n) is 7.08. The molecule has 2 aromatic rings. The minimum atomic E-state index is -4.78. The normalized spacial score (nSPS) is 14.1. The summed E-state index contributed by atoms with van der Waals surface area (Å²) in [5, 5.41) is 10.2. The number of halogens is 4. The Kier molecular flexibility index (Phi) is 7.84. The molecule has 4 nitrogen and oxygen atoms in total. The van der Waals surface area contributed by atoms with E-state index in [1.807, 2.05) is 4.90 Å². The lowest BCUT2D eigenvalue weighted by Gasteiger charge is -2.29. The highest BCUT2D eigenvalue weighted by Gasteiger charge is 2.31. The molecule has 0 radical (unpaired) electrons. The summed E-state index contributed by atoms with van der Waals surface area (Å²) in [5.41, 5.74) is 1.70. The summed E-state index contributed by atoms with van der Waals surface area (Å²) in [6.07, 6.45) is -0.0599. The smallest absolute Gasteiger partial charge is 0.478 e. The molecule has 3 rings (SSSR count). The van der Waals surface area contributed by atoms with Gasteiger partial charge in [0, 0.05) is 13.1 Å². The lowest BCUT2D eigenvalue weighted by molar-refractivity contribution is -0.274. The van der Waals surface area contributed by atoms with Crippen molar-refractivity contribution in [3.8, 4) is 5.75 Å². The molecule has 1 heterocycles. The minimum absolute atomic E-state index is 0.144. The first-order chi connectivity index (χ1) is 15.2. The standard InChI is InChI=1S/C23H21F4NO3S/c24-18-10-8-16(9-11-18)5-3-13-32-21-20(22(29)30)7-2-12-28(21)15-17-4-1-6-19(14-17)31-23(25,26)27/h1-2,4,6-11,14H,3,5,12-13,15H2,(H,29,30). The number of nitrogens with zero attached hydrogens (tertiary/aromatic N) is 1. The predicted octanol–water partition coefficient (Wildman–Crippen LogP) is 5.76. The van der Waals surface area contributed by atoms with Gasteiger partial charge in [-0.15, -0.1) is 24.9 Å². The van der Waals surface area contributed by atoms with Crippen LogP contribution in [0.25, 0.3) is 0 Å². The number of aliphatic carboxylic acids is 1. The summed E-state index contributed by atoms with van der Waals surface area (Å²) in [5.74, 6) is -1.06. The summed E-state index contributed by atoms with van der Waals surface area (Å²) in [7, 11) is 0. The molecule has 1 aliphatic heterocycles. The second-order valence-corrected chi connectivity index (χ2v) is 8.16. The molecule has 0 amide bonds. The van der Waals surface area contributed by atoms with Crippen LogP contribution in [0, 0.1) is 5.82 Å². The van der Waals surface area contributed by atoms with Gasteiger partial charge in [-0.2, -0.15) is 0 Å². The number of alkyl halides is 3. The van der Waals surface area contributed by atoms with E-state index in [1.165, 1.54) is 42.1 Å². The number of benzene rings is 2. The van der Waals surface area contributed by atoms with E-state index in [0.29, 0.717) is 22.9 Å².